The summed E-state index contributed by atoms with van der Waals surface area (Å²) in [6.07, 6.45) is 3.88. The molecule has 42 valence electrons. The predicted octanol–water partition coefficient (Wildman–Crippen LogP) is 3.40. The maximum atomic E-state index is 3.29. The molecule has 0 aliphatic rings. The molecule has 7 heavy (non-hydrogen) atoms. The summed E-state index contributed by atoms with van der Waals surface area (Å²) < 4.78 is -0.193. The number of hydrogen-bond acceptors (Lipinski definition) is 0. The summed E-state index contributed by atoms with van der Waals surface area (Å²) in [6.45, 7) is 1.96. The number of halogens is 3. The van der Waals surface area contributed by atoms with Crippen LogP contribution in [0, 0.1) is 0 Å². The summed E-state index contributed by atoms with van der Waals surface area (Å²) in [5.41, 5.74) is 0. The topological polar surface area (TPSA) is 0 Å². The first-order valence-corrected chi connectivity index (χ1v) is 4.15. The molecule has 0 N–H and O–H groups in total. The van der Waals surface area contributed by atoms with Crippen LogP contribution < -0.4 is 0 Å². The molecule has 0 amide bonds. The summed E-state index contributed by atoms with van der Waals surface area (Å²) in [4.78, 5) is 0. The van der Waals surface area contributed by atoms with Gasteiger partial charge < -0.3 is 0 Å². The second-order valence-electron chi connectivity index (χ2n) is 1.04. The first kappa shape index (κ1) is 8.18. The van der Waals surface area contributed by atoms with Gasteiger partial charge in [0.1, 0.15) is 0 Å². The maximum absolute atomic E-state index is 3.29. The van der Waals surface area contributed by atoms with E-state index >= 15 is 0 Å². The average Bonchev–Trinajstić information content (AvgIpc) is 1.30. The average molecular weight is 293 g/mol. The number of allylic oxidation sites excluding steroid dienone is 2. The quantitative estimate of drug-likeness (QED) is 0.474. The number of rotatable bonds is 0. The predicted molar refractivity (Wildman–Crippen MR) is 44.3 cm³/mol. The molecule has 0 saturated carbocycles. The first-order chi connectivity index (χ1) is 3.06. The second-order valence-corrected chi connectivity index (χ2v) is 7.99. The van der Waals surface area contributed by atoms with E-state index < -0.39 is 0 Å². The van der Waals surface area contributed by atoms with Gasteiger partial charge in [-0.3, -0.25) is 0 Å². The van der Waals surface area contributed by atoms with Crippen LogP contribution in [0.5, 0.6) is 0 Å². The van der Waals surface area contributed by atoms with Gasteiger partial charge in [-0.1, -0.05) is 59.9 Å². The van der Waals surface area contributed by atoms with E-state index in [9.17, 15) is 0 Å². The lowest BCUT2D eigenvalue weighted by atomic mass is 10.6. The Kier molecular flexibility index (Phi) is 3.80. The van der Waals surface area contributed by atoms with Gasteiger partial charge >= 0.3 is 0 Å². The van der Waals surface area contributed by atoms with Gasteiger partial charge in [-0.05, 0) is 6.92 Å². The van der Waals surface area contributed by atoms with E-state index in [-0.39, 0.29) is 2.14 Å². The van der Waals surface area contributed by atoms with Crippen LogP contribution in [0.3, 0.4) is 0 Å². The van der Waals surface area contributed by atoms with Gasteiger partial charge in [0.15, 0.2) is 2.14 Å². The van der Waals surface area contributed by atoms with E-state index in [0.29, 0.717) is 0 Å². The lowest BCUT2D eigenvalue weighted by Gasteiger charge is -2.01. The smallest absolute Gasteiger partial charge is 0.0886 e. The van der Waals surface area contributed by atoms with Crippen LogP contribution in [-0.2, 0) is 0 Å². The Labute approximate surface area is 68.7 Å². The summed E-state index contributed by atoms with van der Waals surface area (Å²) in [6, 6.07) is 0. The Hall–Kier alpha value is 1.18. The van der Waals surface area contributed by atoms with Crippen molar-refractivity contribution >= 4 is 47.8 Å². The van der Waals surface area contributed by atoms with Gasteiger partial charge in [-0.15, -0.1) is 0 Å². The van der Waals surface area contributed by atoms with Crippen LogP contribution in [0.1, 0.15) is 6.92 Å². The highest BCUT2D eigenvalue weighted by Crippen LogP contribution is 2.34. The van der Waals surface area contributed by atoms with Crippen LogP contribution >= 0.6 is 47.8 Å². The highest BCUT2D eigenvalue weighted by atomic mass is 80.0. The molecule has 0 nitrogen and oxygen atoms in total. The SMILES string of the molecule is C/C=C/C(Br)(Br)Br. The van der Waals surface area contributed by atoms with E-state index in [1.807, 2.05) is 19.1 Å². The van der Waals surface area contributed by atoms with Gasteiger partial charge in [0.2, 0.25) is 0 Å². The van der Waals surface area contributed by atoms with Crippen LogP contribution in [0.2, 0.25) is 0 Å². The lowest BCUT2D eigenvalue weighted by Crippen LogP contribution is -1.88. The van der Waals surface area contributed by atoms with Crippen molar-refractivity contribution in [2.45, 2.75) is 9.07 Å². The molecule has 0 unspecified atom stereocenters. The summed E-state index contributed by atoms with van der Waals surface area (Å²) in [5, 5.41) is 0. The molecule has 0 aliphatic heterocycles. The molecule has 0 saturated heterocycles. The fourth-order valence-corrected chi connectivity index (χ4v) is 0.982. The molecule has 0 aromatic rings. The van der Waals surface area contributed by atoms with Crippen molar-refractivity contribution < 1.29 is 0 Å². The molecule has 0 aliphatic carbocycles. The van der Waals surface area contributed by atoms with Crippen molar-refractivity contribution in [3.05, 3.63) is 12.2 Å². The summed E-state index contributed by atoms with van der Waals surface area (Å²) >= 11 is 9.86. The van der Waals surface area contributed by atoms with Gasteiger partial charge in [0.25, 0.3) is 0 Å². The summed E-state index contributed by atoms with van der Waals surface area (Å²) in [5.74, 6) is 0. The lowest BCUT2D eigenvalue weighted by molar-refractivity contribution is 1.58. The molecule has 0 radical (unpaired) electrons. The van der Waals surface area contributed by atoms with E-state index in [1.165, 1.54) is 0 Å². The zero-order valence-electron chi connectivity index (χ0n) is 3.79. The standard InChI is InChI=1S/C4H5Br3/c1-2-3-4(5,6)7/h2-3H,1H3/b3-2+. The highest BCUT2D eigenvalue weighted by molar-refractivity contribution is 9.39. The van der Waals surface area contributed by atoms with Crippen molar-refractivity contribution in [1.82, 2.24) is 0 Å². The van der Waals surface area contributed by atoms with Crippen LogP contribution in [0.4, 0.5) is 0 Å². The third kappa shape index (κ3) is 7.18. The molecule has 3 heteroatoms. The van der Waals surface area contributed by atoms with E-state index in [2.05, 4.69) is 47.8 Å². The highest BCUT2D eigenvalue weighted by Gasteiger charge is 2.09. The largest absolute Gasteiger partial charge is 0.153 e. The van der Waals surface area contributed by atoms with Crippen LogP contribution in [0.15, 0.2) is 12.2 Å². The second kappa shape index (κ2) is 3.25. The maximum Gasteiger partial charge on any atom is 0.153 e. The summed E-state index contributed by atoms with van der Waals surface area (Å²) in [7, 11) is 0. The zero-order chi connectivity index (χ0) is 5.91. The Morgan fingerprint density at radius 3 is 1.71 bits per heavy atom. The normalized spacial score (nSPS) is 13.1. The molecule has 0 fully saturated rings. The third-order valence-corrected chi connectivity index (χ3v) is 1.15. The van der Waals surface area contributed by atoms with Crippen molar-refractivity contribution in [2.75, 3.05) is 0 Å². The molecule has 0 spiro atoms. The van der Waals surface area contributed by atoms with E-state index in [0.717, 1.165) is 0 Å². The third-order valence-electron chi connectivity index (χ3n) is 0.356. The van der Waals surface area contributed by atoms with Crippen LogP contribution in [-0.4, -0.2) is 2.14 Å². The number of hydrogen-bond donors (Lipinski definition) is 0. The van der Waals surface area contributed by atoms with Gasteiger partial charge in [0, 0.05) is 0 Å². The fraction of sp³-hybridized carbons (Fsp3) is 0.500. The molecule has 0 heterocycles. The Morgan fingerprint density at radius 1 is 1.29 bits per heavy atom. The number of alkyl halides is 3. The molecule has 0 aromatic heterocycles. The molecule has 0 aromatic carbocycles. The molecule has 0 bridgehead atoms. The first-order valence-electron chi connectivity index (χ1n) is 1.77. The van der Waals surface area contributed by atoms with Crippen molar-refractivity contribution in [2.24, 2.45) is 0 Å². The van der Waals surface area contributed by atoms with Gasteiger partial charge in [-0.25, -0.2) is 0 Å². The van der Waals surface area contributed by atoms with Gasteiger partial charge in [-0.2, -0.15) is 0 Å². The minimum Gasteiger partial charge on any atom is -0.0886 e. The van der Waals surface area contributed by atoms with E-state index in [1.54, 1.807) is 0 Å². The Bertz CT molecular complexity index is 69.5. The van der Waals surface area contributed by atoms with Crippen molar-refractivity contribution in [1.29, 1.82) is 0 Å². The Balaban J connectivity index is 3.56. The molecule has 0 rings (SSSR count). The minimum absolute atomic E-state index is 0.193. The van der Waals surface area contributed by atoms with Crippen molar-refractivity contribution in [3.8, 4) is 0 Å². The molecule has 0 atom stereocenters. The Morgan fingerprint density at radius 2 is 1.71 bits per heavy atom. The monoisotopic (exact) mass is 290 g/mol. The minimum atomic E-state index is -0.193. The zero-order valence-corrected chi connectivity index (χ0v) is 8.55. The molecular formula is C4H5Br3. The molecular weight excluding hydrogens is 288 g/mol. The fourth-order valence-electron chi connectivity index (χ4n) is 0.189. The van der Waals surface area contributed by atoms with Gasteiger partial charge in [0.05, 0.1) is 0 Å². The van der Waals surface area contributed by atoms with Crippen molar-refractivity contribution in [3.63, 3.8) is 0 Å². The van der Waals surface area contributed by atoms with Crippen LogP contribution in [0.25, 0.3) is 0 Å². The van der Waals surface area contributed by atoms with E-state index in [4.69, 9.17) is 0 Å².